The van der Waals surface area contributed by atoms with Crippen molar-refractivity contribution in [2.24, 2.45) is 0 Å². The number of hydrogen-bond acceptors (Lipinski definition) is 4. The first-order chi connectivity index (χ1) is 4.45. The summed E-state index contributed by atoms with van der Waals surface area (Å²) in [5.74, 6) is -0.601. The summed E-state index contributed by atoms with van der Waals surface area (Å²) in [5, 5.41) is 8.72. The predicted octanol–water partition coefficient (Wildman–Crippen LogP) is -3.47. The fourth-order valence-electron chi connectivity index (χ4n) is 0.445. The normalized spacial score (nSPS) is 13.7. The minimum atomic E-state index is -4.30. The minimum Gasteiger partial charge on any atom is -0.748 e. The molecule has 0 aliphatic rings. The van der Waals surface area contributed by atoms with Crippen molar-refractivity contribution in [2.75, 3.05) is 11.6 Å². The summed E-state index contributed by atoms with van der Waals surface area (Å²) in [4.78, 5) is 0. The summed E-state index contributed by atoms with van der Waals surface area (Å²) >= 11 is 5.17. The predicted molar refractivity (Wildman–Crippen MR) is 35.9 cm³/mol. The molecule has 0 amide bonds. The van der Waals surface area contributed by atoms with E-state index in [1.165, 1.54) is 0 Å². The third-order valence-corrected chi connectivity index (χ3v) is 1.85. The van der Waals surface area contributed by atoms with Crippen molar-refractivity contribution in [3.05, 3.63) is 0 Å². The smallest absolute Gasteiger partial charge is 0.748 e. The van der Waals surface area contributed by atoms with Crippen LogP contribution >= 0.6 is 11.6 Å². The van der Waals surface area contributed by atoms with E-state index in [9.17, 15) is 13.0 Å². The maximum absolute atomic E-state index is 9.96. The summed E-state index contributed by atoms with van der Waals surface area (Å²) in [7, 11) is -4.30. The molecule has 1 N–H and O–H groups in total. The van der Waals surface area contributed by atoms with Gasteiger partial charge < -0.3 is 9.66 Å². The second-order valence-electron chi connectivity index (χ2n) is 1.86. The Morgan fingerprint density at radius 2 is 2.00 bits per heavy atom. The van der Waals surface area contributed by atoms with Crippen molar-refractivity contribution in [3.63, 3.8) is 0 Å². The number of alkyl halides is 1. The van der Waals surface area contributed by atoms with E-state index in [0.717, 1.165) is 0 Å². The van der Waals surface area contributed by atoms with Crippen LogP contribution < -0.4 is 29.6 Å². The van der Waals surface area contributed by atoms with Crippen LogP contribution in [0.3, 0.4) is 0 Å². The molecule has 0 aromatic heterocycles. The average Bonchev–Trinajstić information content (AvgIpc) is 1.59. The third kappa shape index (κ3) is 11.2. The van der Waals surface area contributed by atoms with Gasteiger partial charge in [0.2, 0.25) is 0 Å². The molecule has 0 radical (unpaired) electrons. The molecule has 0 saturated heterocycles. The first-order valence-electron chi connectivity index (χ1n) is 2.63. The van der Waals surface area contributed by atoms with Gasteiger partial charge in [0.1, 0.15) is 0 Å². The monoisotopic (exact) mass is 210 g/mol. The fourth-order valence-corrected chi connectivity index (χ4v) is 1.33. The largest absolute Gasteiger partial charge is 1.00 e. The zero-order valence-corrected chi connectivity index (χ0v) is 9.73. The molecule has 0 aromatic rings. The van der Waals surface area contributed by atoms with E-state index in [2.05, 4.69) is 0 Å². The van der Waals surface area contributed by atoms with Gasteiger partial charge in [-0.3, -0.25) is 0 Å². The fraction of sp³-hybridized carbons (Fsp3) is 1.00. The average molecular weight is 211 g/mol. The number of aliphatic hydroxyl groups excluding tert-OH is 1. The molecule has 62 valence electrons. The SMILES string of the molecule is O=S(=O)([O-])CC(O)CCCl.[Na+]. The molecule has 0 bridgehead atoms. The maximum atomic E-state index is 9.96. The van der Waals surface area contributed by atoms with Gasteiger partial charge in [-0.15, -0.1) is 11.6 Å². The Bertz CT molecular complexity index is 181. The molecule has 0 heterocycles. The summed E-state index contributed by atoms with van der Waals surface area (Å²) < 4.78 is 29.9. The van der Waals surface area contributed by atoms with Crippen molar-refractivity contribution < 1.29 is 47.6 Å². The van der Waals surface area contributed by atoms with Crippen LogP contribution in [0.15, 0.2) is 0 Å². The molecule has 11 heavy (non-hydrogen) atoms. The number of aliphatic hydroxyl groups is 1. The van der Waals surface area contributed by atoms with Crippen LogP contribution in [-0.2, 0) is 10.1 Å². The summed E-state index contributed by atoms with van der Waals surface area (Å²) in [5.41, 5.74) is 0. The first-order valence-corrected chi connectivity index (χ1v) is 4.74. The summed E-state index contributed by atoms with van der Waals surface area (Å²) in [6.07, 6.45) is -0.997. The Morgan fingerprint density at radius 3 is 2.27 bits per heavy atom. The van der Waals surface area contributed by atoms with Crippen molar-refractivity contribution >= 4 is 21.7 Å². The van der Waals surface area contributed by atoms with Gasteiger partial charge >= 0.3 is 29.6 Å². The molecule has 4 nitrogen and oxygen atoms in total. The van der Waals surface area contributed by atoms with Crippen LogP contribution in [0.25, 0.3) is 0 Å². The van der Waals surface area contributed by atoms with E-state index < -0.39 is 22.0 Å². The Hall–Kier alpha value is 1.16. The molecule has 0 aliphatic heterocycles. The zero-order valence-electron chi connectivity index (χ0n) is 6.16. The van der Waals surface area contributed by atoms with Crippen molar-refractivity contribution in [2.45, 2.75) is 12.5 Å². The zero-order chi connectivity index (χ0) is 8.20. The van der Waals surface area contributed by atoms with Gasteiger partial charge in [-0.25, -0.2) is 8.42 Å². The van der Waals surface area contributed by atoms with Gasteiger partial charge in [0.15, 0.2) is 0 Å². The van der Waals surface area contributed by atoms with Crippen molar-refractivity contribution in [3.8, 4) is 0 Å². The van der Waals surface area contributed by atoms with Gasteiger partial charge in [-0.2, -0.15) is 0 Å². The number of halogens is 1. The van der Waals surface area contributed by atoms with E-state index >= 15 is 0 Å². The molecule has 0 aromatic carbocycles. The topological polar surface area (TPSA) is 77.4 Å². The molecule has 0 aliphatic carbocycles. The Morgan fingerprint density at radius 1 is 1.55 bits per heavy atom. The first kappa shape index (κ1) is 14.7. The van der Waals surface area contributed by atoms with E-state index in [-0.39, 0.29) is 41.9 Å². The molecular formula is C4H8ClNaO4S. The van der Waals surface area contributed by atoms with Gasteiger partial charge in [0.05, 0.1) is 22.0 Å². The van der Waals surface area contributed by atoms with Crippen LogP contribution in [0.4, 0.5) is 0 Å². The van der Waals surface area contributed by atoms with Gasteiger partial charge in [-0.1, -0.05) is 0 Å². The van der Waals surface area contributed by atoms with Gasteiger partial charge in [0, 0.05) is 5.88 Å². The standard InChI is InChI=1S/C4H9ClO4S.Na/c5-2-1-4(6)3-10(7,8)9;/h4,6H,1-3H2,(H,7,8,9);/q;+1/p-1. The Balaban J connectivity index is 0. The molecule has 0 rings (SSSR count). The second-order valence-corrected chi connectivity index (χ2v) is 3.68. The molecule has 7 heteroatoms. The second kappa shape index (κ2) is 6.65. The van der Waals surface area contributed by atoms with Gasteiger partial charge in [0.25, 0.3) is 0 Å². The van der Waals surface area contributed by atoms with E-state index in [0.29, 0.717) is 0 Å². The maximum Gasteiger partial charge on any atom is 1.00 e. The molecular weight excluding hydrogens is 203 g/mol. The van der Waals surface area contributed by atoms with Crippen LogP contribution in [-0.4, -0.2) is 35.8 Å². The Kier molecular flexibility index (Phi) is 8.87. The van der Waals surface area contributed by atoms with Crippen LogP contribution in [0, 0.1) is 0 Å². The quantitative estimate of drug-likeness (QED) is 0.297. The third-order valence-electron chi connectivity index (χ3n) is 0.839. The van der Waals surface area contributed by atoms with Crippen molar-refractivity contribution in [1.29, 1.82) is 0 Å². The summed E-state index contributed by atoms with van der Waals surface area (Å²) in [6.45, 7) is 0. The van der Waals surface area contributed by atoms with Crippen LogP contribution in [0.2, 0.25) is 0 Å². The van der Waals surface area contributed by atoms with E-state index in [1.807, 2.05) is 0 Å². The van der Waals surface area contributed by atoms with E-state index in [1.54, 1.807) is 0 Å². The van der Waals surface area contributed by atoms with Gasteiger partial charge in [-0.05, 0) is 6.42 Å². The summed E-state index contributed by atoms with van der Waals surface area (Å²) in [6, 6.07) is 0. The van der Waals surface area contributed by atoms with Crippen LogP contribution in [0.5, 0.6) is 0 Å². The molecule has 0 spiro atoms. The Labute approximate surface area is 93.0 Å². The molecule has 0 fully saturated rings. The van der Waals surface area contributed by atoms with Crippen molar-refractivity contribution in [1.82, 2.24) is 0 Å². The van der Waals surface area contributed by atoms with Crippen LogP contribution in [0.1, 0.15) is 6.42 Å². The number of hydrogen-bond donors (Lipinski definition) is 1. The molecule has 1 atom stereocenters. The minimum absolute atomic E-state index is 0. The van der Waals surface area contributed by atoms with E-state index in [4.69, 9.17) is 16.7 Å². The molecule has 0 saturated carbocycles. The number of rotatable bonds is 4. The molecule has 1 unspecified atom stereocenters.